The van der Waals surface area contributed by atoms with Gasteiger partial charge in [-0.1, -0.05) is 0 Å². The summed E-state index contributed by atoms with van der Waals surface area (Å²) in [6.45, 7) is 1.71. The van der Waals surface area contributed by atoms with Crippen LogP contribution in [-0.4, -0.2) is 18.8 Å². The number of methoxy groups -OCH3 is 1. The largest absolute Gasteiger partial charge is 0.494 e. The number of guanidine groups is 1. The van der Waals surface area contributed by atoms with E-state index in [9.17, 15) is 4.39 Å². The van der Waals surface area contributed by atoms with E-state index in [1.165, 1.54) is 19.2 Å². The number of hydrazone groups is 1. The molecule has 0 radical (unpaired) electrons. The molecule has 0 aromatic heterocycles. The monoisotopic (exact) mass is 225 g/mol. The molecule has 0 amide bonds. The molecule has 0 saturated carbocycles. The van der Waals surface area contributed by atoms with Gasteiger partial charge in [0, 0.05) is 5.56 Å². The van der Waals surface area contributed by atoms with Gasteiger partial charge in [-0.2, -0.15) is 5.10 Å². The Kier molecular flexibility index (Phi) is 3.82. The molecule has 5 N–H and O–H groups in total. The fourth-order valence-electron chi connectivity index (χ4n) is 1.10. The number of hydrogen-bond donors (Lipinski definition) is 3. The van der Waals surface area contributed by atoms with Gasteiger partial charge in [0.1, 0.15) is 0 Å². The van der Waals surface area contributed by atoms with Crippen molar-refractivity contribution in [2.45, 2.75) is 6.92 Å². The molecule has 0 aliphatic heterocycles. The quantitative estimate of drug-likeness (QED) is 0.347. The Balaban J connectivity index is 3.02. The van der Waals surface area contributed by atoms with Crippen LogP contribution in [0.2, 0.25) is 0 Å². The predicted octanol–water partition coefficient (Wildman–Crippen LogP) is -1.09. The number of hydrogen-bond acceptors (Lipinski definition) is 2. The zero-order valence-corrected chi connectivity index (χ0v) is 9.12. The van der Waals surface area contributed by atoms with E-state index in [1.54, 1.807) is 13.0 Å². The Morgan fingerprint density at radius 3 is 2.62 bits per heavy atom. The number of halogens is 1. The molecule has 0 spiro atoms. The summed E-state index contributed by atoms with van der Waals surface area (Å²) in [5.74, 6) is -0.276. The Hall–Kier alpha value is -2.11. The minimum atomic E-state index is -0.445. The van der Waals surface area contributed by atoms with Crippen LogP contribution >= 0.6 is 0 Å². The van der Waals surface area contributed by atoms with Crippen LogP contribution < -0.4 is 21.3 Å². The van der Waals surface area contributed by atoms with Gasteiger partial charge < -0.3 is 4.74 Å². The van der Waals surface area contributed by atoms with Crippen LogP contribution in [0.25, 0.3) is 0 Å². The number of nitrogens with one attached hydrogen (secondary N) is 1. The lowest BCUT2D eigenvalue weighted by Crippen LogP contribution is -2.72. The zero-order chi connectivity index (χ0) is 12.1. The van der Waals surface area contributed by atoms with Crippen LogP contribution in [0.3, 0.4) is 0 Å². The first kappa shape index (κ1) is 12.0. The van der Waals surface area contributed by atoms with Crippen LogP contribution in [0.1, 0.15) is 12.5 Å². The second-order valence-corrected chi connectivity index (χ2v) is 3.11. The second kappa shape index (κ2) is 5.11. The van der Waals surface area contributed by atoms with Crippen molar-refractivity contribution in [2.75, 3.05) is 7.11 Å². The Morgan fingerprint density at radius 1 is 1.44 bits per heavy atom. The van der Waals surface area contributed by atoms with Crippen LogP contribution in [0.15, 0.2) is 23.3 Å². The highest BCUT2D eigenvalue weighted by Crippen LogP contribution is 2.17. The van der Waals surface area contributed by atoms with Crippen molar-refractivity contribution in [1.82, 2.24) is 0 Å². The number of rotatable bonds is 3. The summed E-state index contributed by atoms with van der Waals surface area (Å²) in [6, 6.07) is 4.54. The summed E-state index contributed by atoms with van der Waals surface area (Å²) >= 11 is 0. The average Bonchev–Trinajstić information content (AvgIpc) is 2.25. The molecule has 0 fully saturated rings. The zero-order valence-electron chi connectivity index (χ0n) is 9.12. The molecule has 5 nitrogen and oxygen atoms in total. The maximum Gasteiger partial charge on any atom is 0.362 e. The lowest BCUT2D eigenvalue weighted by Gasteiger charge is -2.03. The molecule has 0 atom stereocenters. The molecule has 0 unspecified atom stereocenters. The summed E-state index contributed by atoms with van der Waals surface area (Å²) in [7, 11) is 1.41. The van der Waals surface area contributed by atoms with Crippen LogP contribution in [0.4, 0.5) is 4.39 Å². The third kappa shape index (κ3) is 2.94. The SMILES string of the molecule is COc1ccc(/C(C)=N\[NH+]=C(N)N)cc1F. The molecule has 0 heterocycles. The minimum Gasteiger partial charge on any atom is -0.494 e. The van der Waals surface area contributed by atoms with Gasteiger partial charge in [-0.15, -0.1) is 5.10 Å². The van der Waals surface area contributed by atoms with Gasteiger partial charge in [0.15, 0.2) is 11.6 Å². The Bertz CT molecular complexity index is 438. The predicted molar refractivity (Wildman–Crippen MR) is 59.5 cm³/mol. The molecule has 1 rings (SSSR count). The van der Waals surface area contributed by atoms with Crippen molar-refractivity contribution in [3.05, 3.63) is 29.6 Å². The molecule has 1 aromatic carbocycles. The van der Waals surface area contributed by atoms with Gasteiger partial charge in [-0.25, -0.2) is 4.39 Å². The maximum atomic E-state index is 13.4. The molecule has 6 heteroatoms. The van der Waals surface area contributed by atoms with E-state index in [2.05, 4.69) is 10.2 Å². The standard InChI is InChI=1S/C10H13FN4O/c1-6(14-15-10(12)13)7-3-4-9(16-2)8(11)5-7/h3-5H,1-2H3,(H4,12,13,15)/p+1/b14-6-. The van der Waals surface area contributed by atoms with E-state index >= 15 is 0 Å². The Labute approximate surface area is 92.6 Å². The first-order valence-electron chi connectivity index (χ1n) is 4.56. The number of nitrogens with two attached hydrogens (primary N) is 2. The highest BCUT2D eigenvalue weighted by atomic mass is 19.1. The highest BCUT2D eigenvalue weighted by Gasteiger charge is 2.05. The van der Waals surface area contributed by atoms with E-state index in [0.717, 1.165) is 0 Å². The normalized spacial score (nSPS) is 11.1. The maximum absolute atomic E-state index is 13.4. The molecule has 86 valence electrons. The van der Waals surface area contributed by atoms with Crippen molar-refractivity contribution < 1.29 is 14.2 Å². The summed E-state index contributed by atoms with van der Waals surface area (Å²) in [6.07, 6.45) is 0. The minimum absolute atomic E-state index is 0.0201. The van der Waals surface area contributed by atoms with E-state index in [1.807, 2.05) is 0 Å². The van der Waals surface area contributed by atoms with Crippen LogP contribution in [-0.2, 0) is 0 Å². The number of nitrogens with zero attached hydrogens (tertiary/aromatic N) is 1. The third-order valence-electron chi connectivity index (χ3n) is 1.92. The van der Waals surface area contributed by atoms with Gasteiger partial charge in [-0.05, 0) is 25.1 Å². The first-order valence-corrected chi connectivity index (χ1v) is 4.56. The topological polar surface area (TPSA) is 87.6 Å². The van der Waals surface area contributed by atoms with E-state index in [-0.39, 0.29) is 11.7 Å². The lowest BCUT2D eigenvalue weighted by molar-refractivity contribution is -0.464. The average molecular weight is 225 g/mol. The Morgan fingerprint density at radius 2 is 2.12 bits per heavy atom. The number of ether oxygens (including phenoxy) is 1. The van der Waals surface area contributed by atoms with Crippen molar-refractivity contribution in [3.63, 3.8) is 0 Å². The van der Waals surface area contributed by atoms with Crippen molar-refractivity contribution in [1.29, 1.82) is 0 Å². The van der Waals surface area contributed by atoms with Gasteiger partial charge in [-0.3, -0.25) is 11.5 Å². The van der Waals surface area contributed by atoms with E-state index < -0.39 is 5.82 Å². The molecule has 0 aliphatic rings. The summed E-state index contributed by atoms with van der Waals surface area (Å²) in [4.78, 5) is 0. The summed E-state index contributed by atoms with van der Waals surface area (Å²) < 4.78 is 18.2. The molecule has 16 heavy (non-hydrogen) atoms. The van der Waals surface area contributed by atoms with Crippen molar-refractivity contribution in [3.8, 4) is 5.75 Å². The van der Waals surface area contributed by atoms with E-state index in [4.69, 9.17) is 16.2 Å². The van der Waals surface area contributed by atoms with Crippen LogP contribution in [0.5, 0.6) is 5.75 Å². The molecule has 0 bridgehead atoms. The molecule has 1 aromatic rings. The molecular weight excluding hydrogens is 211 g/mol. The highest BCUT2D eigenvalue weighted by molar-refractivity contribution is 5.98. The van der Waals surface area contributed by atoms with Crippen molar-refractivity contribution >= 4 is 11.7 Å². The molecule has 0 aliphatic carbocycles. The lowest BCUT2D eigenvalue weighted by atomic mass is 10.1. The van der Waals surface area contributed by atoms with Crippen LogP contribution in [0, 0.1) is 5.82 Å². The van der Waals surface area contributed by atoms with E-state index in [0.29, 0.717) is 11.3 Å². The number of benzene rings is 1. The van der Waals surface area contributed by atoms with Gasteiger partial charge >= 0.3 is 5.96 Å². The van der Waals surface area contributed by atoms with Gasteiger partial charge in [0.05, 0.1) is 12.8 Å². The van der Waals surface area contributed by atoms with Gasteiger partial charge in [0.2, 0.25) is 0 Å². The fourth-order valence-corrected chi connectivity index (χ4v) is 1.10. The second-order valence-electron chi connectivity index (χ2n) is 3.11. The fraction of sp³-hybridized carbons (Fsp3) is 0.200. The first-order chi connectivity index (χ1) is 7.54. The third-order valence-corrected chi connectivity index (χ3v) is 1.92. The molecular formula is C10H14FN4O+. The molecule has 0 saturated heterocycles. The van der Waals surface area contributed by atoms with Crippen molar-refractivity contribution in [2.24, 2.45) is 16.6 Å². The summed E-state index contributed by atoms with van der Waals surface area (Å²) in [5.41, 5.74) is 11.5. The van der Waals surface area contributed by atoms with Gasteiger partial charge in [0.25, 0.3) is 0 Å². The smallest absolute Gasteiger partial charge is 0.362 e. The summed E-state index contributed by atoms with van der Waals surface area (Å²) in [5, 5.41) is 6.26.